The van der Waals surface area contributed by atoms with E-state index in [0.29, 0.717) is 18.8 Å². The Bertz CT molecular complexity index is 1350. The number of carboxylic acid groups (broad SMARTS) is 1. The maximum absolute atomic E-state index is 14.7. The summed E-state index contributed by atoms with van der Waals surface area (Å²) in [5, 5.41) is 9.16. The summed E-state index contributed by atoms with van der Waals surface area (Å²) in [5.74, 6) is -2.21. The van der Waals surface area contributed by atoms with Gasteiger partial charge in [0.05, 0.1) is 17.8 Å². The van der Waals surface area contributed by atoms with Crippen LogP contribution in [0.15, 0.2) is 47.6 Å². The topological polar surface area (TPSA) is 92.5 Å². The molecule has 0 saturated heterocycles. The minimum atomic E-state index is -4.05. The van der Waals surface area contributed by atoms with E-state index < -0.39 is 32.5 Å². The molecule has 1 N–H and O–H groups in total. The molecule has 1 amide bonds. The summed E-state index contributed by atoms with van der Waals surface area (Å²) in [6.45, 7) is 2.92. The van der Waals surface area contributed by atoms with Gasteiger partial charge in [-0.2, -0.15) is 0 Å². The van der Waals surface area contributed by atoms with Gasteiger partial charge in [-0.15, -0.1) is 0 Å². The number of fused-ring (bicyclic) bond motifs is 1. The molecular formula is C22H21F2N3O4S. The van der Waals surface area contributed by atoms with Crippen LogP contribution in [0.5, 0.6) is 0 Å². The van der Waals surface area contributed by atoms with Crippen molar-refractivity contribution < 1.29 is 27.1 Å². The maximum atomic E-state index is 14.7. The van der Waals surface area contributed by atoms with Gasteiger partial charge in [0.2, 0.25) is 0 Å². The fourth-order valence-corrected chi connectivity index (χ4v) is 4.91. The lowest BCUT2D eigenvalue weighted by Gasteiger charge is -2.29. The van der Waals surface area contributed by atoms with Crippen molar-refractivity contribution in [2.75, 3.05) is 19.3 Å². The van der Waals surface area contributed by atoms with Gasteiger partial charge in [-0.25, -0.2) is 22.0 Å². The van der Waals surface area contributed by atoms with E-state index in [9.17, 15) is 22.0 Å². The third-order valence-corrected chi connectivity index (χ3v) is 6.73. The first kappa shape index (κ1) is 21.9. The summed E-state index contributed by atoms with van der Waals surface area (Å²) in [7, 11) is -4.05. The van der Waals surface area contributed by atoms with Gasteiger partial charge in [-0.05, 0) is 35.3 Å². The Hall–Kier alpha value is -3.27. The number of sulfone groups is 1. The molecule has 0 aliphatic carbocycles. The van der Waals surface area contributed by atoms with E-state index in [2.05, 4.69) is 4.98 Å². The van der Waals surface area contributed by atoms with E-state index in [1.165, 1.54) is 11.0 Å². The number of amides is 1. The summed E-state index contributed by atoms with van der Waals surface area (Å²) >= 11 is 0. The number of rotatable bonds is 4. The van der Waals surface area contributed by atoms with Crippen LogP contribution in [0.2, 0.25) is 0 Å². The van der Waals surface area contributed by atoms with Gasteiger partial charge in [0.1, 0.15) is 10.7 Å². The Labute approximate surface area is 183 Å². The molecule has 0 bridgehead atoms. The highest BCUT2D eigenvalue weighted by molar-refractivity contribution is 7.90. The van der Waals surface area contributed by atoms with Crippen molar-refractivity contribution in [3.8, 4) is 0 Å². The SMILES string of the molecule is CC1CN(C(=O)O)CC=C1c1ccc(Cn2ccc3c(F)c(S(C)(=O)=O)c(F)cc32)nc1. The zero-order valence-corrected chi connectivity index (χ0v) is 18.2. The lowest BCUT2D eigenvalue weighted by atomic mass is 9.91. The molecule has 3 aromatic rings. The first-order valence-electron chi connectivity index (χ1n) is 9.86. The molecule has 4 rings (SSSR count). The predicted octanol–water partition coefficient (Wildman–Crippen LogP) is 3.78. The number of aromatic nitrogens is 2. The van der Waals surface area contributed by atoms with Crippen LogP contribution in [-0.2, 0) is 16.4 Å². The molecule has 0 radical (unpaired) electrons. The molecule has 1 unspecified atom stereocenters. The Balaban J connectivity index is 1.60. The van der Waals surface area contributed by atoms with E-state index in [1.54, 1.807) is 23.0 Å². The monoisotopic (exact) mass is 461 g/mol. The number of hydrogen-bond donors (Lipinski definition) is 1. The number of benzene rings is 1. The van der Waals surface area contributed by atoms with Crippen LogP contribution >= 0.6 is 0 Å². The molecule has 168 valence electrons. The second kappa shape index (κ2) is 8.01. The first-order valence-corrected chi connectivity index (χ1v) is 11.8. The molecule has 0 fully saturated rings. The smallest absolute Gasteiger partial charge is 0.407 e. The molecule has 2 aromatic heterocycles. The van der Waals surface area contributed by atoms with Gasteiger partial charge in [0.15, 0.2) is 15.7 Å². The highest BCUT2D eigenvalue weighted by atomic mass is 32.2. The number of halogens is 2. The predicted molar refractivity (Wildman–Crippen MR) is 115 cm³/mol. The molecule has 1 aromatic carbocycles. The van der Waals surface area contributed by atoms with Crippen LogP contribution < -0.4 is 0 Å². The van der Waals surface area contributed by atoms with E-state index in [4.69, 9.17) is 5.11 Å². The third kappa shape index (κ3) is 3.97. The Kier molecular flexibility index (Phi) is 5.49. The quantitative estimate of drug-likeness (QED) is 0.638. The summed E-state index contributed by atoms with van der Waals surface area (Å²) in [6, 6.07) is 6.12. The molecule has 10 heteroatoms. The van der Waals surface area contributed by atoms with Crippen molar-refractivity contribution >= 4 is 32.4 Å². The van der Waals surface area contributed by atoms with Crippen molar-refractivity contribution in [1.29, 1.82) is 0 Å². The second-order valence-corrected chi connectivity index (χ2v) is 9.89. The summed E-state index contributed by atoms with van der Waals surface area (Å²) in [6.07, 6.45) is 4.95. The van der Waals surface area contributed by atoms with E-state index >= 15 is 0 Å². The lowest BCUT2D eigenvalue weighted by Crippen LogP contribution is -2.37. The van der Waals surface area contributed by atoms with Gasteiger partial charge in [-0.3, -0.25) is 4.98 Å². The normalized spacial score (nSPS) is 16.9. The number of carbonyl (C=O) groups is 1. The second-order valence-electron chi connectivity index (χ2n) is 7.94. The van der Waals surface area contributed by atoms with Crippen LogP contribution in [0.1, 0.15) is 18.2 Å². The Morgan fingerprint density at radius 3 is 2.62 bits per heavy atom. The molecule has 0 saturated carbocycles. The van der Waals surface area contributed by atoms with E-state index in [-0.39, 0.29) is 23.4 Å². The van der Waals surface area contributed by atoms with Crippen LogP contribution in [0.3, 0.4) is 0 Å². The number of nitrogens with zero attached hydrogens (tertiary/aromatic N) is 3. The van der Waals surface area contributed by atoms with Gasteiger partial charge in [0.25, 0.3) is 0 Å². The highest BCUT2D eigenvalue weighted by Gasteiger charge is 2.25. The van der Waals surface area contributed by atoms with Crippen molar-refractivity contribution in [2.24, 2.45) is 5.92 Å². The van der Waals surface area contributed by atoms with Gasteiger partial charge in [0, 0.05) is 37.1 Å². The van der Waals surface area contributed by atoms with Gasteiger partial charge >= 0.3 is 6.09 Å². The van der Waals surface area contributed by atoms with E-state index in [1.807, 2.05) is 19.1 Å². The third-order valence-electron chi connectivity index (χ3n) is 5.61. The van der Waals surface area contributed by atoms with Crippen molar-refractivity contribution in [1.82, 2.24) is 14.5 Å². The minimum Gasteiger partial charge on any atom is -0.465 e. The summed E-state index contributed by atoms with van der Waals surface area (Å²) in [5.41, 5.74) is 2.79. The fraction of sp³-hybridized carbons (Fsp3) is 0.273. The van der Waals surface area contributed by atoms with Crippen LogP contribution in [0, 0.1) is 17.6 Å². The van der Waals surface area contributed by atoms with Gasteiger partial charge in [-0.1, -0.05) is 19.1 Å². The minimum absolute atomic E-state index is 0.0209. The Morgan fingerprint density at radius 1 is 1.28 bits per heavy atom. The summed E-state index contributed by atoms with van der Waals surface area (Å²) in [4.78, 5) is 16.0. The lowest BCUT2D eigenvalue weighted by molar-refractivity contribution is 0.145. The number of pyridine rings is 1. The summed E-state index contributed by atoms with van der Waals surface area (Å²) < 4.78 is 54.0. The highest BCUT2D eigenvalue weighted by Crippen LogP contribution is 2.30. The Morgan fingerprint density at radius 2 is 2.03 bits per heavy atom. The molecule has 1 atom stereocenters. The van der Waals surface area contributed by atoms with Crippen molar-refractivity contribution in [3.63, 3.8) is 0 Å². The van der Waals surface area contributed by atoms with E-state index in [0.717, 1.165) is 23.5 Å². The van der Waals surface area contributed by atoms with Crippen molar-refractivity contribution in [3.05, 3.63) is 65.6 Å². The average Bonchev–Trinajstić information content (AvgIpc) is 3.10. The zero-order valence-electron chi connectivity index (χ0n) is 17.4. The van der Waals surface area contributed by atoms with Crippen molar-refractivity contribution in [2.45, 2.75) is 18.4 Å². The average molecular weight is 461 g/mol. The molecule has 7 nitrogen and oxygen atoms in total. The van der Waals surface area contributed by atoms with Crippen LogP contribution in [0.25, 0.3) is 16.5 Å². The van der Waals surface area contributed by atoms with Crippen LogP contribution in [-0.4, -0.2) is 53.4 Å². The van der Waals surface area contributed by atoms with Gasteiger partial charge < -0.3 is 14.6 Å². The molecule has 0 spiro atoms. The molecular weight excluding hydrogens is 440 g/mol. The molecule has 32 heavy (non-hydrogen) atoms. The molecule has 1 aliphatic rings. The molecule has 3 heterocycles. The van der Waals surface area contributed by atoms with Crippen LogP contribution in [0.4, 0.5) is 13.6 Å². The standard InChI is InChI=1S/C22H21F2N3O4S/c1-13-11-27(22(28)29)8-5-16(13)14-3-4-15(25-10-14)12-26-7-6-17-19(26)9-18(23)21(20(17)24)32(2,30)31/h3-7,9-10,13H,8,11-12H2,1-2H3,(H,28,29). The maximum Gasteiger partial charge on any atom is 0.407 e. The first-order chi connectivity index (χ1) is 15.1. The largest absolute Gasteiger partial charge is 0.465 e. The molecule has 1 aliphatic heterocycles. The number of hydrogen-bond acceptors (Lipinski definition) is 4. The fourth-order valence-electron chi connectivity index (χ4n) is 4.06. The zero-order chi connectivity index (χ0) is 23.2.